The van der Waals surface area contributed by atoms with Crippen molar-refractivity contribution >= 4 is 5.91 Å². The van der Waals surface area contributed by atoms with Crippen LogP contribution in [0.3, 0.4) is 0 Å². The average Bonchev–Trinajstić information content (AvgIpc) is 2.57. The van der Waals surface area contributed by atoms with Crippen molar-refractivity contribution in [2.45, 2.75) is 12.8 Å². The highest BCUT2D eigenvalue weighted by atomic mass is 16.2. The molecule has 1 aliphatic rings. The van der Waals surface area contributed by atoms with Crippen molar-refractivity contribution < 1.29 is 4.79 Å². The largest absolute Gasteiger partial charge is 0.341 e. The number of nitrogens with one attached hydrogen (secondary N) is 1. The molecule has 88 valence electrons. The molecule has 0 unspecified atom stereocenters. The van der Waals surface area contributed by atoms with Crippen LogP contribution in [0.1, 0.15) is 12.2 Å². The summed E-state index contributed by atoms with van der Waals surface area (Å²) in [7, 11) is 1.92. The molecule has 0 aromatic carbocycles. The second kappa shape index (κ2) is 5.12. The van der Waals surface area contributed by atoms with E-state index in [-0.39, 0.29) is 5.91 Å². The normalized spacial score (nSPS) is 17.2. The minimum absolute atomic E-state index is 0.179. The van der Waals surface area contributed by atoms with E-state index >= 15 is 0 Å². The number of carbonyl (C=O) groups is 1. The number of aromatic nitrogens is 2. The average molecular weight is 222 g/mol. The van der Waals surface area contributed by atoms with Crippen molar-refractivity contribution in [3.05, 3.63) is 18.2 Å². The van der Waals surface area contributed by atoms with Crippen molar-refractivity contribution in [3.8, 4) is 0 Å². The van der Waals surface area contributed by atoms with Gasteiger partial charge in [0.15, 0.2) is 0 Å². The molecule has 0 bridgehead atoms. The molecule has 1 amide bonds. The number of aryl methyl sites for hydroxylation is 1. The summed E-state index contributed by atoms with van der Waals surface area (Å²) < 4.78 is 1.90. The van der Waals surface area contributed by atoms with Crippen LogP contribution in [-0.2, 0) is 18.3 Å². The van der Waals surface area contributed by atoms with Crippen LogP contribution in [0.5, 0.6) is 0 Å². The third kappa shape index (κ3) is 2.61. The van der Waals surface area contributed by atoms with Gasteiger partial charge in [-0.15, -0.1) is 0 Å². The third-order valence-electron chi connectivity index (χ3n) is 2.92. The van der Waals surface area contributed by atoms with Crippen molar-refractivity contribution in [1.82, 2.24) is 19.8 Å². The van der Waals surface area contributed by atoms with E-state index in [1.54, 1.807) is 6.20 Å². The first kappa shape index (κ1) is 11.1. The Balaban J connectivity index is 1.94. The molecule has 1 N–H and O–H groups in total. The molecule has 1 aromatic rings. The van der Waals surface area contributed by atoms with Gasteiger partial charge in [0.25, 0.3) is 0 Å². The Labute approximate surface area is 95.5 Å². The monoisotopic (exact) mass is 222 g/mol. The third-order valence-corrected chi connectivity index (χ3v) is 2.92. The molecule has 0 radical (unpaired) electrons. The van der Waals surface area contributed by atoms with Crippen molar-refractivity contribution in [2.75, 3.05) is 26.2 Å². The molecule has 16 heavy (non-hydrogen) atoms. The maximum atomic E-state index is 12.0. The van der Waals surface area contributed by atoms with Crippen LogP contribution < -0.4 is 5.32 Å². The van der Waals surface area contributed by atoms with E-state index in [0.717, 1.165) is 38.4 Å². The Hall–Kier alpha value is -1.36. The highest BCUT2D eigenvalue weighted by Gasteiger charge is 2.16. The summed E-state index contributed by atoms with van der Waals surface area (Å²) in [4.78, 5) is 18.1. The molecule has 5 heteroatoms. The molecule has 1 aliphatic heterocycles. The van der Waals surface area contributed by atoms with Crippen molar-refractivity contribution in [3.63, 3.8) is 0 Å². The fraction of sp³-hybridized carbons (Fsp3) is 0.636. The molecular formula is C11H18N4O. The predicted octanol–water partition coefficient (Wildman–Crippen LogP) is -0.215. The van der Waals surface area contributed by atoms with Gasteiger partial charge < -0.3 is 14.8 Å². The lowest BCUT2D eigenvalue weighted by molar-refractivity contribution is -0.130. The molecule has 0 saturated carbocycles. The van der Waals surface area contributed by atoms with Crippen molar-refractivity contribution in [1.29, 1.82) is 0 Å². The van der Waals surface area contributed by atoms with Crippen molar-refractivity contribution in [2.24, 2.45) is 7.05 Å². The lowest BCUT2D eigenvalue weighted by Gasteiger charge is -2.19. The molecule has 0 spiro atoms. The predicted molar refractivity (Wildman–Crippen MR) is 61.0 cm³/mol. The zero-order chi connectivity index (χ0) is 11.4. The molecule has 1 saturated heterocycles. The Morgan fingerprint density at radius 1 is 1.50 bits per heavy atom. The minimum Gasteiger partial charge on any atom is -0.341 e. The number of amides is 1. The fourth-order valence-corrected chi connectivity index (χ4v) is 1.91. The molecule has 2 heterocycles. The summed E-state index contributed by atoms with van der Waals surface area (Å²) in [6.45, 7) is 3.57. The van der Waals surface area contributed by atoms with Crippen LogP contribution in [-0.4, -0.2) is 46.5 Å². The highest BCUT2D eigenvalue weighted by Crippen LogP contribution is 2.02. The van der Waals surface area contributed by atoms with Crippen LogP contribution in [0.2, 0.25) is 0 Å². The number of hydrogen-bond acceptors (Lipinski definition) is 3. The Kier molecular flexibility index (Phi) is 3.56. The van der Waals surface area contributed by atoms with Crippen LogP contribution >= 0.6 is 0 Å². The molecule has 2 rings (SSSR count). The summed E-state index contributed by atoms with van der Waals surface area (Å²) in [6, 6.07) is 0. The van der Waals surface area contributed by atoms with Gasteiger partial charge in [0.2, 0.25) is 5.91 Å². The number of hydrogen-bond donors (Lipinski definition) is 1. The number of carbonyl (C=O) groups excluding carboxylic acids is 1. The zero-order valence-corrected chi connectivity index (χ0v) is 9.65. The molecule has 1 aromatic heterocycles. The van der Waals surface area contributed by atoms with Gasteiger partial charge >= 0.3 is 0 Å². The molecule has 0 atom stereocenters. The first-order valence-electron chi connectivity index (χ1n) is 5.72. The number of nitrogens with zero attached hydrogens (tertiary/aromatic N) is 3. The molecule has 1 fully saturated rings. The minimum atomic E-state index is 0.179. The van der Waals surface area contributed by atoms with Gasteiger partial charge in [-0.25, -0.2) is 4.98 Å². The molecule has 5 nitrogen and oxygen atoms in total. The van der Waals surface area contributed by atoms with E-state index in [1.165, 1.54) is 0 Å². The van der Waals surface area contributed by atoms with Gasteiger partial charge in [-0.1, -0.05) is 0 Å². The van der Waals surface area contributed by atoms with Gasteiger partial charge in [0.05, 0.1) is 6.42 Å². The lowest BCUT2D eigenvalue weighted by atomic mass is 10.3. The van der Waals surface area contributed by atoms with Gasteiger partial charge in [-0.2, -0.15) is 0 Å². The summed E-state index contributed by atoms with van der Waals surface area (Å²) in [6.07, 6.45) is 5.04. The van der Waals surface area contributed by atoms with Gasteiger partial charge in [0, 0.05) is 39.1 Å². The second-order valence-electron chi connectivity index (χ2n) is 4.12. The highest BCUT2D eigenvalue weighted by molar-refractivity contribution is 5.78. The molecular weight excluding hydrogens is 204 g/mol. The smallest absolute Gasteiger partial charge is 0.230 e. The van der Waals surface area contributed by atoms with Gasteiger partial charge in [0.1, 0.15) is 5.82 Å². The zero-order valence-electron chi connectivity index (χ0n) is 9.65. The van der Waals surface area contributed by atoms with Crippen LogP contribution in [0, 0.1) is 0 Å². The maximum absolute atomic E-state index is 12.0. The van der Waals surface area contributed by atoms with E-state index in [4.69, 9.17) is 0 Å². The summed E-state index contributed by atoms with van der Waals surface area (Å²) in [5.41, 5.74) is 0. The van der Waals surface area contributed by atoms with E-state index < -0.39 is 0 Å². The lowest BCUT2D eigenvalue weighted by Crippen LogP contribution is -2.35. The van der Waals surface area contributed by atoms with Crippen LogP contribution in [0.15, 0.2) is 12.4 Å². The maximum Gasteiger partial charge on any atom is 0.230 e. The Bertz CT molecular complexity index is 353. The van der Waals surface area contributed by atoms with E-state index in [9.17, 15) is 4.79 Å². The number of imidazole rings is 1. The second-order valence-corrected chi connectivity index (χ2v) is 4.12. The Morgan fingerprint density at radius 2 is 2.38 bits per heavy atom. The van der Waals surface area contributed by atoms with Crippen LogP contribution in [0.4, 0.5) is 0 Å². The summed E-state index contributed by atoms with van der Waals surface area (Å²) in [5, 5.41) is 3.29. The van der Waals surface area contributed by atoms with E-state index in [1.807, 2.05) is 22.7 Å². The van der Waals surface area contributed by atoms with Crippen LogP contribution in [0.25, 0.3) is 0 Å². The first-order chi connectivity index (χ1) is 7.77. The number of rotatable bonds is 2. The topological polar surface area (TPSA) is 50.2 Å². The Morgan fingerprint density at radius 3 is 3.12 bits per heavy atom. The first-order valence-corrected chi connectivity index (χ1v) is 5.72. The standard InChI is InChI=1S/C11H18N4O/c1-14-7-5-13-10(14)9-11(16)15-6-2-3-12-4-8-15/h5,7,12H,2-4,6,8-9H2,1H3. The van der Waals surface area contributed by atoms with E-state index in [0.29, 0.717) is 6.42 Å². The van der Waals surface area contributed by atoms with E-state index in [2.05, 4.69) is 10.3 Å². The SMILES string of the molecule is Cn1ccnc1CC(=O)N1CCCNCC1. The fourth-order valence-electron chi connectivity index (χ4n) is 1.91. The summed E-state index contributed by atoms with van der Waals surface area (Å²) >= 11 is 0. The quantitative estimate of drug-likeness (QED) is 0.753. The summed E-state index contributed by atoms with van der Waals surface area (Å²) in [5.74, 6) is 1.01. The van der Waals surface area contributed by atoms with Gasteiger partial charge in [-0.3, -0.25) is 4.79 Å². The molecule has 0 aliphatic carbocycles. The van der Waals surface area contributed by atoms with Gasteiger partial charge in [-0.05, 0) is 13.0 Å².